The molecule has 1 aromatic carbocycles. The van der Waals surface area contributed by atoms with Gasteiger partial charge in [-0.3, -0.25) is 14.4 Å². The average molecular weight is 421 g/mol. The molecule has 0 unspecified atom stereocenters. The van der Waals surface area contributed by atoms with Crippen LogP contribution in [0.1, 0.15) is 13.8 Å². The van der Waals surface area contributed by atoms with Crippen molar-refractivity contribution in [1.29, 1.82) is 0 Å². The van der Waals surface area contributed by atoms with Gasteiger partial charge in [-0.1, -0.05) is 30.7 Å². The van der Waals surface area contributed by atoms with Crippen molar-refractivity contribution < 1.29 is 24.2 Å². The van der Waals surface area contributed by atoms with Gasteiger partial charge in [0.05, 0.1) is 25.0 Å². The summed E-state index contributed by atoms with van der Waals surface area (Å²) in [5.41, 5.74) is 0.550. The van der Waals surface area contributed by atoms with Crippen LogP contribution in [-0.2, 0) is 19.1 Å². The first-order valence-electron chi connectivity index (χ1n) is 9.71. The van der Waals surface area contributed by atoms with Crippen LogP contribution in [0.2, 0.25) is 5.02 Å². The number of benzene rings is 1. The molecular weight excluding hydrogens is 396 g/mol. The van der Waals surface area contributed by atoms with Gasteiger partial charge in [0.15, 0.2) is 0 Å². The van der Waals surface area contributed by atoms with E-state index in [-0.39, 0.29) is 37.5 Å². The maximum Gasteiger partial charge on any atom is 0.310 e. The van der Waals surface area contributed by atoms with Gasteiger partial charge in [0.2, 0.25) is 11.8 Å². The van der Waals surface area contributed by atoms with E-state index in [1.807, 2.05) is 19.1 Å². The highest BCUT2D eigenvalue weighted by atomic mass is 35.5. The number of allylic oxidation sites excluding steroid dienone is 1. The van der Waals surface area contributed by atoms with Crippen molar-refractivity contribution in [2.24, 2.45) is 23.7 Å². The standard InChI is InChI=1S/C21H25ClN2O5/c1-3-29-21(28)16-12(2)4-9-15-17(16)20(27)24(10-11-25)18(15)19(26)23-14-7-5-13(22)6-8-14/h4-9,12,15-18,25H,3,10-11H2,1-2H3,(H,23,26)/t12-,15+,16-,17+,18+/m1/s1. The quantitative estimate of drug-likeness (QED) is 0.542. The fourth-order valence-electron chi connectivity index (χ4n) is 4.29. The normalized spacial score (nSPS) is 28.2. The van der Waals surface area contributed by atoms with E-state index < -0.39 is 29.8 Å². The lowest BCUT2D eigenvalue weighted by atomic mass is 9.70. The zero-order valence-electron chi connectivity index (χ0n) is 16.4. The van der Waals surface area contributed by atoms with E-state index in [0.29, 0.717) is 10.7 Å². The lowest BCUT2D eigenvalue weighted by Crippen LogP contribution is -2.45. The fraction of sp³-hybridized carbons (Fsp3) is 0.476. The predicted octanol–water partition coefficient (Wildman–Crippen LogP) is 2.10. The van der Waals surface area contributed by atoms with E-state index in [1.54, 1.807) is 31.2 Å². The summed E-state index contributed by atoms with van der Waals surface area (Å²) in [6.07, 6.45) is 3.70. The molecule has 3 rings (SSSR count). The second-order valence-corrected chi connectivity index (χ2v) is 7.76. The molecule has 0 bridgehead atoms. The predicted molar refractivity (Wildman–Crippen MR) is 108 cm³/mol. The number of anilines is 1. The number of esters is 1. The number of rotatable bonds is 6. The maximum atomic E-state index is 13.2. The molecule has 1 aliphatic carbocycles. The minimum absolute atomic E-state index is 0.0162. The Bertz CT molecular complexity index is 810. The summed E-state index contributed by atoms with van der Waals surface area (Å²) in [6, 6.07) is 5.83. The monoisotopic (exact) mass is 420 g/mol. The Morgan fingerprint density at radius 2 is 1.93 bits per heavy atom. The summed E-state index contributed by atoms with van der Waals surface area (Å²) in [5.74, 6) is -3.14. The van der Waals surface area contributed by atoms with Crippen molar-refractivity contribution in [3.63, 3.8) is 0 Å². The summed E-state index contributed by atoms with van der Waals surface area (Å²) < 4.78 is 5.20. The molecule has 8 heteroatoms. The molecule has 29 heavy (non-hydrogen) atoms. The van der Waals surface area contributed by atoms with Crippen LogP contribution in [0.3, 0.4) is 0 Å². The molecule has 0 aromatic heterocycles. The second-order valence-electron chi connectivity index (χ2n) is 7.32. The minimum atomic E-state index is -0.823. The van der Waals surface area contributed by atoms with Crippen LogP contribution >= 0.6 is 11.6 Å². The van der Waals surface area contributed by atoms with Crippen molar-refractivity contribution >= 4 is 35.1 Å². The number of aliphatic hydroxyl groups excluding tert-OH is 1. The van der Waals surface area contributed by atoms with E-state index in [9.17, 15) is 19.5 Å². The van der Waals surface area contributed by atoms with Crippen molar-refractivity contribution in [2.75, 3.05) is 25.1 Å². The van der Waals surface area contributed by atoms with E-state index in [0.717, 1.165) is 0 Å². The lowest BCUT2D eigenvalue weighted by Gasteiger charge is -2.32. The van der Waals surface area contributed by atoms with Gasteiger partial charge in [-0.25, -0.2) is 0 Å². The largest absolute Gasteiger partial charge is 0.466 e. The molecule has 2 amide bonds. The third-order valence-electron chi connectivity index (χ3n) is 5.55. The third kappa shape index (κ3) is 4.16. The lowest BCUT2D eigenvalue weighted by molar-refractivity contribution is -0.155. The third-order valence-corrected chi connectivity index (χ3v) is 5.81. The van der Waals surface area contributed by atoms with Gasteiger partial charge >= 0.3 is 5.97 Å². The van der Waals surface area contributed by atoms with Crippen molar-refractivity contribution in [2.45, 2.75) is 19.9 Å². The van der Waals surface area contributed by atoms with Gasteiger partial charge in [0, 0.05) is 23.2 Å². The zero-order valence-corrected chi connectivity index (χ0v) is 17.1. The number of aliphatic hydroxyl groups is 1. The van der Waals surface area contributed by atoms with E-state index in [2.05, 4.69) is 5.32 Å². The Labute approximate surface area is 174 Å². The summed E-state index contributed by atoms with van der Waals surface area (Å²) >= 11 is 5.89. The van der Waals surface area contributed by atoms with E-state index in [4.69, 9.17) is 16.3 Å². The number of carbonyl (C=O) groups excluding carboxylic acids is 3. The Hall–Kier alpha value is -2.38. The molecule has 1 saturated heterocycles. The smallest absolute Gasteiger partial charge is 0.310 e. The molecule has 156 valence electrons. The molecule has 7 nitrogen and oxygen atoms in total. The maximum absolute atomic E-state index is 13.2. The number of halogens is 1. The van der Waals surface area contributed by atoms with Crippen LogP contribution in [0.5, 0.6) is 0 Å². The minimum Gasteiger partial charge on any atom is -0.466 e. The molecular formula is C21H25ClN2O5. The summed E-state index contributed by atoms with van der Waals surface area (Å²) in [4.78, 5) is 40.2. The van der Waals surface area contributed by atoms with Crippen LogP contribution < -0.4 is 5.32 Å². The first kappa shape index (κ1) is 21.3. The van der Waals surface area contributed by atoms with Crippen molar-refractivity contribution in [3.8, 4) is 0 Å². The van der Waals surface area contributed by atoms with E-state index >= 15 is 0 Å². The van der Waals surface area contributed by atoms with Gasteiger partial charge in [-0.15, -0.1) is 0 Å². The number of fused-ring (bicyclic) bond motifs is 1. The number of β-amino-alcohol motifs (C(OH)–C–C–N with tert-alkyl or cyclic N) is 1. The molecule has 0 radical (unpaired) electrons. The molecule has 1 aliphatic heterocycles. The Balaban J connectivity index is 1.92. The topological polar surface area (TPSA) is 95.9 Å². The van der Waals surface area contributed by atoms with Gasteiger partial charge in [-0.2, -0.15) is 0 Å². The highest BCUT2D eigenvalue weighted by molar-refractivity contribution is 6.30. The molecule has 2 N–H and O–H groups in total. The van der Waals surface area contributed by atoms with Gasteiger partial charge < -0.3 is 20.1 Å². The molecule has 1 fully saturated rings. The molecule has 5 atom stereocenters. The number of hydrogen-bond donors (Lipinski definition) is 2. The Kier molecular flexibility index (Phi) is 6.59. The van der Waals surface area contributed by atoms with Crippen LogP contribution in [0, 0.1) is 23.7 Å². The van der Waals surface area contributed by atoms with Gasteiger partial charge in [-0.05, 0) is 37.1 Å². The number of likely N-dealkylation sites (tertiary alicyclic amines) is 1. The summed E-state index contributed by atoms with van der Waals surface area (Å²) in [6.45, 7) is 3.54. The van der Waals surface area contributed by atoms with Crippen LogP contribution in [0.15, 0.2) is 36.4 Å². The summed E-state index contributed by atoms with van der Waals surface area (Å²) in [5, 5.41) is 12.8. The molecule has 1 aromatic rings. The number of amides is 2. The number of ether oxygens (including phenoxy) is 1. The number of nitrogens with one attached hydrogen (secondary N) is 1. The number of carbonyl (C=O) groups is 3. The SMILES string of the molecule is CCOC(=O)[C@H]1[C@H]2C(=O)N(CCO)[C@H](C(=O)Nc3ccc(Cl)cc3)[C@H]2C=C[C@H]1C. The van der Waals surface area contributed by atoms with Crippen LogP contribution in [-0.4, -0.2) is 53.6 Å². The van der Waals surface area contributed by atoms with Crippen LogP contribution in [0.25, 0.3) is 0 Å². The molecule has 0 saturated carbocycles. The second kappa shape index (κ2) is 8.97. The fourth-order valence-corrected chi connectivity index (χ4v) is 4.41. The first-order valence-corrected chi connectivity index (χ1v) is 10.1. The Morgan fingerprint density at radius 1 is 1.24 bits per heavy atom. The van der Waals surface area contributed by atoms with Gasteiger partial charge in [0.1, 0.15) is 6.04 Å². The van der Waals surface area contributed by atoms with E-state index in [1.165, 1.54) is 4.90 Å². The van der Waals surface area contributed by atoms with Crippen LogP contribution in [0.4, 0.5) is 5.69 Å². The zero-order chi connectivity index (χ0) is 21.1. The summed E-state index contributed by atoms with van der Waals surface area (Å²) in [7, 11) is 0. The van der Waals surface area contributed by atoms with Crippen molar-refractivity contribution in [3.05, 3.63) is 41.4 Å². The molecule has 0 spiro atoms. The first-order chi connectivity index (χ1) is 13.9. The number of hydrogen-bond acceptors (Lipinski definition) is 5. The highest BCUT2D eigenvalue weighted by Gasteiger charge is 2.56. The van der Waals surface area contributed by atoms with Gasteiger partial charge in [0.25, 0.3) is 0 Å². The average Bonchev–Trinajstić information content (AvgIpc) is 2.96. The molecule has 1 heterocycles. The number of nitrogens with zero attached hydrogens (tertiary/aromatic N) is 1. The van der Waals surface area contributed by atoms with Crippen molar-refractivity contribution in [1.82, 2.24) is 4.90 Å². The molecule has 2 aliphatic rings. The Morgan fingerprint density at radius 3 is 2.55 bits per heavy atom. The highest BCUT2D eigenvalue weighted by Crippen LogP contribution is 2.44.